The van der Waals surface area contributed by atoms with Crippen molar-refractivity contribution in [2.24, 2.45) is 17.8 Å². The molecule has 5 nitrogen and oxygen atoms in total. The summed E-state index contributed by atoms with van der Waals surface area (Å²) in [7, 11) is 0. The number of carbonyl (C=O) groups excluding carboxylic acids is 1. The van der Waals surface area contributed by atoms with Gasteiger partial charge in [0.2, 0.25) is 0 Å². The first kappa shape index (κ1) is 15.1. The van der Waals surface area contributed by atoms with Crippen molar-refractivity contribution in [2.45, 2.75) is 45.4 Å². The molecule has 0 spiro atoms. The highest BCUT2D eigenvalue weighted by atomic mass is 16.4. The molecule has 1 heterocycles. The molecule has 1 saturated carbocycles. The number of carboxylic acids is 1. The van der Waals surface area contributed by atoms with Gasteiger partial charge in [-0.05, 0) is 37.5 Å². The molecular formula is C15H26N2O3. The zero-order valence-corrected chi connectivity index (χ0v) is 12.3. The number of carbonyl (C=O) groups is 2. The van der Waals surface area contributed by atoms with Crippen LogP contribution in [0.5, 0.6) is 0 Å². The molecule has 1 aliphatic carbocycles. The second kappa shape index (κ2) is 6.95. The number of likely N-dealkylation sites (tertiary alicyclic amines) is 1. The molecule has 0 bridgehead atoms. The van der Waals surface area contributed by atoms with Gasteiger partial charge in [-0.15, -0.1) is 0 Å². The van der Waals surface area contributed by atoms with Crippen molar-refractivity contribution >= 4 is 12.0 Å². The van der Waals surface area contributed by atoms with Crippen LogP contribution in [0.25, 0.3) is 0 Å². The molecule has 0 radical (unpaired) electrons. The lowest BCUT2D eigenvalue weighted by Crippen LogP contribution is -2.46. The van der Waals surface area contributed by atoms with E-state index >= 15 is 0 Å². The van der Waals surface area contributed by atoms with E-state index in [1.807, 2.05) is 4.90 Å². The number of aliphatic carboxylic acids is 1. The van der Waals surface area contributed by atoms with Crippen molar-refractivity contribution in [3.05, 3.63) is 0 Å². The maximum Gasteiger partial charge on any atom is 0.317 e. The number of amides is 2. The summed E-state index contributed by atoms with van der Waals surface area (Å²) in [4.78, 5) is 25.1. The van der Waals surface area contributed by atoms with Crippen molar-refractivity contribution in [1.82, 2.24) is 10.2 Å². The van der Waals surface area contributed by atoms with E-state index in [2.05, 4.69) is 12.2 Å². The summed E-state index contributed by atoms with van der Waals surface area (Å²) >= 11 is 0. The molecule has 1 aliphatic heterocycles. The molecule has 114 valence electrons. The van der Waals surface area contributed by atoms with Gasteiger partial charge in [-0.2, -0.15) is 0 Å². The first-order valence-corrected chi connectivity index (χ1v) is 7.87. The largest absolute Gasteiger partial charge is 0.481 e. The van der Waals surface area contributed by atoms with Gasteiger partial charge < -0.3 is 15.3 Å². The summed E-state index contributed by atoms with van der Waals surface area (Å²) in [5, 5.41) is 12.1. The Morgan fingerprint density at radius 3 is 2.50 bits per heavy atom. The Labute approximate surface area is 120 Å². The Hall–Kier alpha value is -1.26. The molecule has 0 aromatic rings. The zero-order valence-electron chi connectivity index (χ0n) is 12.3. The highest BCUT2D eigenvalue weighted by molar-refractivity contribution is 5.74. The zero-order chi connectivity index (χ0) is 14.5. The van der Waals surface area contributed by atoms with Gasteiger partial charge in [0, 0.05) is 19.6 Å². The molecule has 2 atom stereocenters. The maximum absolute atomic E-state index is 12.1. The van der Waals surface area contributed by atoms with Gasteiger partial charge in [-0.1, -0.05) is 19.8 Å². The van der Waals surface area contributed by atoms with Crippen LogP contribution in [0.15, 0.2) is 0 Å². The minimum atomic E-state index is -0.717. The van der Waals surface area contributed by atoms with E-state index < -0.39 is 5.97 Å². The second-order valence-corrected chi connectivity index (χ2v) is 6.16. The van der Waals surface area contributed by atoms with Crippen LogP contribution in [0.2, 0.25) is 0 Å². The molecule has 2 aliphatic rings. The summed E-state index contributed by atoms with van der Waals surface area (Å²) in [6, 6.07) is -0.0180. The summed E-state index contributed by atoms with van der Waals surface area (Å²) in [5.41, 5.74) is 0. The summed E-state index contributed by atoms with van der Waals surface area (Å²) in [6.45, 7) is 4.37. The standard InChI is InChI=1S/C15H26N2O3/c1-2-11-6-8-17(9-7-11)15(20)16-10-12-4-3-5-13(12)14(18)19/h11-13H,2-10H2,1H3,(H,16,20)(H,18,19). The molecule has 0 aromatic heterocycles. The average molecular weight is 282 g/mol. The molecule has 2 rings (SSSR count). The number of nitrogens with zero attached hydrogens (tertiary/aromatic N) is 1. The predicted octanol–water partition coefficient (Wildman–Crippen LogP) is 2.32. The van der Waals surface area contributed by atoms with Gasteiger partial charge in [0.1, 0.15) is 0 Å². The SMILES string of the molecule is CCC1CCN(C(=O)NCC2CCCC2C(=O)O)CC1. The smallest absolute Gasteiger partial charge is 0.317 e. The second-order valence-electron chi connectivity index (χ2n) is 6.16. The maximum atomic E-state index is 12.1. The van der Waals surface area contributed by atoms with Gasteiger partial charge in [-0.3, -0.25) is 4.79 Å². The highest BCUT2D eigenvalue weighted by Gasteiger charge is 2.33. The van der Waals surface area contributed by atoms with Crippen LogP contribution < -0.4 is 5.32 Å². The normalized spacial score (nSPS) is 27.6. The number of piperidine rings is 1. The third kappa shape index (κ3) is 3.64. The fourth-order valence-corrected chi connectivity index (χ4v) is 3.48. The van der Waals surface area contributed by atoms with Crippen molar-refractivity contribution < 1.29 is 14.7 Å². The van der Waals surface area contributed by atoms with Crippen molar-refractivity contribution in [3.63, 3.8) is 0 Å². The molecule has 2 fully saturated rings. The van der Waals surface area contributed by atoms with E-state index in [4.69, 9.17) is 5.11 Å². The first-order valence-electron chi connectivity index (χ1n) is 7.87. The number of urea groups is 1. The van der Waals surface area contributed by atoms with Crippen LogP contribution in [0.4, 0.5) is 4.79 Å². The Morgan fingerprint density at radius 1 is 1.20 bits per heavy atom. The lowest BCUT2D eigenvalue weighted by atomic mass is 9.94. The van der Waals surface area contributed by atoms with Crippen LogP contribution in [0, 0.1) is 17.8 Å². The average Bonchev–Trinajstić information content (AvgIpc) is 2.93. The van der Waals surface area contributed by atoms with Gasteiger partial charge in [-0.25, -0.2) is 4.79 Å². The molecular weight excluding hydrogens is 256 g/mol. The number of rotatable bonds is 4. The van der Waals surface area contributed by atoms with Gasteiger partial charge in [0.15, 0.2) is 0 Å². The van der Waals surface area contributed by atoms with Crippen LogP contribution in [-0.2, 0) is 4.79 Å². The first-order chi connectivity index (χ1) is 9.61. The summed E-state index contributed by atoms with van der Waals surface area (Å²) in [6.07, 6.45) is 5.99. The third-order valence-electron chi connectivity index (χ3n) is 4.97. The molecule has 0 aromatic carbocycles. The highest BCUT2D eigenvalue weighted by Crippen LogP contribution is 2.31. The Bertz CT molecular complexity index is 351. The Morgan fingerprint density at radius 2 is 1.90 bits per heavy atom. The predicted molar refractivity (Wildman–Crippen MR) is 76.5 cm³/mol. The van der Waals surface area contributed by atoms with Crippen LogP contribution >= 0.6 is 0 Å². The van der Waals surface area contributed by atoms with E-state index in [9.17, 15) is 9.59 Å². The minimum absolute atomic E-state index is 0.0180. The van der Waals surface area contributed by atoms with Crippen molar-refractivity contribution in [1.29, 1.82) is 0 Å². The topological polar surface area (TPSA) is 69.6 Å². The van der Waals surface area contributed by atoms with Gasteiger partial charge in [0.25, 0.3) is 0 Å². The van der Waals surface area contributed by atoms with Crippen LogP contribution in [0.1, 0.15) is 45.4 Å². The van der Waals surface area contributed by atoms with Gasteiger partial charge >= 0.3 is 12.0 Å². The Balaban J connectivity index is 1.74. The summed E-state index contributed by atoms with van der Waals surface area (Å²) < 4.78 is 0. The lowest BCUT2D eigenvalue weighted by molar-refractivity contribution is -0.142. The van der Waals surface area contributed by atoms with Crippen LogP contribution in [0.3, 0.4) is 0 Å². The molecule has 2 unspecified atom stereocenters. The van der Waals surface area contributed by atoms with Crippen molar-refractivity contribution in [2.75, 3.05) is 19.6 Å². The fourth-order valence-electron chi connectivity index (χ4n) is 3.48. The van der Waals surface area contributed by atoms with E-state index in [1.165, 1.54) is 6.42 Å². The molecule has 20 heavy (non-hydrogen) atoms. The molecule has 1 saturated heterocycles. The van der Waals surface area contributed by atoms with E-state index in [0.717, 1.165) is 51.1 Å². The molecule has 2 N–H and O–H groups in total. The fraction of sp³-hybridized carbons (Fsp3) is 0.867. The van der Waals surface area contributed by atoms with E-state index in [1.54, 1.807) is 0 Å². The number of hydrogen-bond donors (Lipinski definition) is 2. The monoisotopic (exact) mass is 282 g/mol. The van der Waals surface area contributed by atoms with Crippen molar-refractivity contribution in [3.8, 4) is 0 Å². The molecule has 5 heteroatoms. The van der Waals surface area contributed by atoms with E-state index in [0.29, 0.717) is 6.54 Å². The van der Waals surface area contributed by atoms with Gasteiger partial charge in [0.05, 0.1) is 5.92 Å². The Kier molecular flexibility index (Phi) is 5.26. The molecule has 2 amide bonds. The lowest BCUT2D eigenvalue weighted by Gasteiger charge is -2.32. The van der Waals surface area contributed by atoms with E-state index in [-0.39, 0.29) is 17.9 Å². The number of nitrogens with one attached hydrogen (secondary N) is 1. The van der Waals surface area contributed by atoms with Crippen LogP contribution in [-0.4, -0.2) is 41.6 Å². The third-order valence-corrected chi connectivity index (χ3v) is 4.97. The summed E-state index contributed by atoms with van der Waals surface area (Å²) in [5.74, 6) is -0.137. The number of carboxylic acid groups (broad SMARTS) is 1. The minimum Gasteiger partial charge on any atom is -0.481 e. The quantitative estimate of drug-likeness (QED) is 0.831. The number of hydrogen-bond acceptors (Lipinski definition) is 2.